The van der Waals surface area contributed by atoms with Crippen LogP contribution in [-0.4, -0.2) is 51.7 Å². The smallest absolute Gasteiger partial charge is 0.225 e. The number of ether oxygens (including phenoxy) is 1. The van der Waals surface area contributed by atoms with Gasteiger partial charge in [-0.25, -0.2) is 15.0 Å². The first kappa shape index (κ1) is 16.4. The Morgan fingerprint density at radius 3 is 2.92 bits per heavy atom. The van der Waals surface area contributed by atoms with E-state index in [1.807, 2.05) is 24.5 Å². The summed E-state index contributed by atoms with van der Waals surface area (Å²) in [7, 11) is 0. The minimum Gasteiger partial charge on any atom is -0.381 e. The molecule has 1 aliphatic rings. The van der Waals surface area contributed by atoms with Crippen LogP contribution >= 0.6 is 0 Å². The lowest BCUT2D eigenvalue weighted by Gasteiger charge is -2.11. The van der Waals surface area contributed by atoms with Gasteiger partial charge in [0, 0.05) is 31.5 Å². The van der Waals surface area contributed by atoms with E-state index in [1.165, 1.54) is 6.33 Å². The molecule has 2 N–H and O–H groups in total. The third-order valence-electron chi connectivity index (χ3n) is 4.18. The van der Waals surface area contributed by atoms with Crippen LogP contribution in [0.5, 0.6) is 0 Å². The number of hydrogen-bond acceptors (Lipinski definition) is 6. The average molecular weight is 330 g/mol. The second-order valence-electron chi connectivity index (χ2n) is 5.83. The quantitative estimate of drug-likeness (QED) is 0.763. The molecule has 1 amide bonds. The second-order valence-corrected chi connectivity index (χ2v) is 5.83. The molecule has 0 aromatic carbocycles. The summed E-state index contributed by atoms with van der Waals surface area (Å²) >= 11 is 0. The number of aryl methyl sites for hydroxylation is 1. The molecule has 1 saturated heterocycles. The molecule has 3 heterocycles. The maximum absolute atomic E-state index is 11.9. The maximum Gasteiger partial charge on any atom is 0.225 e. The van der Waals surface area contributed by atoms with E-state index in [0.29, 0.717) is 32.1 Å². The van der Waals surface area contributed by atoms with Crippen LogP contribution in [0.3, 0.4) is 0 Å². The molecule has 0 radical (unpaired) electrons. The summed E-state index contributed by atoms with van der Waals surface area (Å²) in [6.45, 7) is 6.30. The predicted octanol–water partition coefficient (Wildman–Crippen LogP) is 0.844. The van der Waals surface area contributed by atoms with E-state index in [-0.39, 0.29) is 11.8 Å². The van der Waals surface area contributed by atoms with Crippen molar-refractivity contribution in [2.75, 3.05) is 31.6 Å². The molecule has 1 fully saturated rings. The number of carbonyl (C=O) groups excluding carboxylic acids is 1. The van der Waals surface area contributed by atoms with E-state index < -0.39 is 0 Å². The fourth-order valence-electron chi connectivity index (χ4n) is 2.57. The SMILES string of the molecule is Cc1ncn(-c2cc(NCCNC(=O)C3CCOC3)ncn2)c1C. The van der Waals surface area contributed by atoms with Gasteiger partial charge in [-0.1, -0.05) is 0 Å². The van der Waals surface area contributed by atoms with Crippen molar-refractivity contribution in [3.63, 3.8) is 0 Å². The molecule has 8 nitrogen and oxygen atoms in total. The van der Waals surface area contributed by atoms with Crippen LogP contribution in [0.25, 0.3) is 5.82 Å². The van der Waals surface area contributed by atoms with Gasteiger partial charge in [0.1, 0.15) is 24.3 Å². The van der Waals surface area contributed by atoms with Crippen LogP contribution < -0.4 is 10.6 Å². The maximum atomic E-state index is 11.9. The van der Waals surface area contributed by atoms with Crippen molar-refractivity contribution in [3.05, 3.63) is 30.1 Å². The van der Waals surface area contributed by atoms with Gasteiger partial charge in [0.2, 0.25) is 5.91 Å². The van der Waals surface area contributed by atoms with E-state index in [1.54, 1.807) is 6.33 Å². The van der Waals surface area contributed by atoms with Gasteiger partial charge < -0.3 is 15.4 Å². The monoisotopic (exact) mass is 330 g/mol. The summed E-state index contributed by atoms with van der Waals surface area (Å²) in [6, 6.07) is 1.86. The predicted molar refractivity (Wildman–Crippen MR) is 89.1 cm³/mol. The standard InChI is InChI=1S/C16H22N6O2/c1-11-12(2)22(10-21-11)15-7-14(19-9-20-15)17-4-5-18-16(23)13-3-6-24-8-13/h7,9-10,13H,3-6,8H2,1-2H3,(H,18,23)(H,17,19,20). The van der Waals surface area contributed by atoms with Gasteiger partial charge in [-0.3, -0.25) is 9.36 Å². The molecule has 0 saturated carbocycles. The number of nitrogens with one attached hydrogen (secondary N) is 2. The number of rotatable bonds is 6. The van der Waals surface area contributed by atoms with E-state index in [9.17, 15) is 4.79 Å². The third-order valence-corrected chi connectivity index (χ3v) is 4.18. The highest BCUT2D eigenvalue weighted by Crippen LogP contribution is 2.14. The Morgan fingerprint density at radius 2 is 2.21 bits per heavy atom. The fraction of sp³-hybridized carbons (Fsp3) is 0.500. The highest BCUT2D eigenvalue weighted by molar-refractivity contribution is 5.79. The van der Waals surface area contributed by atoms with Crippen molar-refractivity contribution in [1.29, 1.82) is 0 Å². The number of aromatic nitrogens is 4. The molecule has 3 rings (SSSR count). The first-order valence-electron chi connectivity index (χ1n) is 8.07. The first-order valence-corrected chi connectivity index (χ1v) is 8.07. The van der Waals surface area contributed by atoms with Crippen LogP contribution in [0.1, 0.15) is 17.8 Å². The van der Waals surface area contributed by atoms with Gasteiger partial charge in [0.25, 0.3) is 0 Å². The van der Waals surface area contributed by atoms with E-state index in [4.69, 9.17) is 4.74 Å². The highest BCUT2D eigenvalue weighted by atomic mass is 16.5. The number of carbonyl (C=O) groups is 1. The van der Waals surface area contributed by atoms with Crippen molar-refractivity contribution >= 4 is 11.7 Å². The third kappa shape index (κ3) is 3.70. The van der Waals surface area contributed by atoms with Crippen LogP contribution in [0.15, 0.2) is 18.7 Å². The zero-order valence-electron chi connectivity index (χ0n) is 14.0. The molecule has 1 aliphatic heterocycles. The van der Waals surface area contributed by atoms with Crippen LogP contribution in [0, 0.1) is 19.8 Å². The van der Waals surface area contributed by atoms with E-state index in [0.717, 1.165) is 23.6 Å². The summed E-state index contributed by atoms with van der Waals surface area (Å²) in [5.74, 6) is 1.52. The zero-order chi connectivity index (χ0) is 16.9. The summed E-state index contributed by atoms with van der Waals surface area (Å²) in [5.41, 5.74) is 2.02. The van der Waals surface area contributed by atoms with Crippen LogP contribution in [-0.2, 0) is 9.53 Å². The Kier molecular flexibility index (Phi) is 5.05. The van der Waals surface area contributed by atoms with Crippen LogP contribution in [0.4, 0.5) is 5.82 Å². The average Bonchev–Trinajstić information content (AvgIpc) is 3.23. The van der Waals surface area contributed by atoms with E-state index in [2.05, 4.69) is 25.6 Å². The molecule has 128 valence electrons. The lowest BCUT2D eigenvalue weighted by Crippen LogP contribution is -2.34. The molecule has 2 aromatic heterocycles. The molecular weight excluding hydrogens is 308 g/mol. The van der Waals surface area contributed by atoms with Gasteiger partial charge in [-0.15, -0.1) is 0 Å². The fourth-order valence-corrected chi connectivity index (χ4v) is 2.57. The number of imidazole rings is 1. The minimum atomic E-state index is -0.0110. The topological polar surface area (TPSA) is 94.0 Å². The van der Waals surface area contributed by atoms with Gasteiger partial charge in [0.05, 0.1) is 18.2 Å². The molecule has 0 aliphatic carbocycles. The Hall–Kier alpha value is -2.48. The normalized spacial score (nSPS) is 17.0. The van der Waals surface area contributed by atoms with Crippen LogP contribution in [0.2, 0.25) is 0 Å². The van der Waals surface area contributed by atoms with Crippen molar-refractivity contribution < 1.29 is 9.53 Å². The molecule has 0 spiro atoms. The Bertz CT molecular complexity index is 708. The van der Waals surface area contributed by atoms with Gasteiger partial charge in [-0.05, 0) is 20.3 Å². The largest absolute Gasteiger partial charge is 0.381 e. The van der Waals surface area contributed by atoms with Crippen molar-refractivity contribution in [2.24, 2.45) is 5.92 Å². The molecule has 1 unspecified atom stereocenters. The summed E-state index contributed by atoms with van der Waals surface area (Å²) in [6.07, 6.45) is 4.07. The molecule has 2 aromatic rings. The summed E-state index contributed by atoms with van der Waals surface area (Å²) in [4.78, 5) is 24.6. The Labute approximate surface area is 140 Å². The summed E-state index contributed by atoms with van der Waals surface area (Å²) in [5, 5.41) is 6.11. The molecule has 0 bridgehead atoms. The van der Waals surface area contributed by atoms with Gasteiger partial charge in [0.15, 0.2) is 0 Å². The van der Waals surface area contributed by atoms with Gasteiger partial charge in [-0.2, -0.15) is 0 Å². The summed E-state index contributed by atoms with van der Waals surface area (Å²) < 4.78 is 7.14. The molecular formula is C16H22N6O2. The number of hydrogen-bond donors (Lipinski definition) is 2. The first-order chi connectivity index (χ1) is 11.6. The molecule has 8 heteroatoms. The number of nitrogens with zero attached hydrogens (tertiary/aromatic N) is 4. The lowest BCUT2D eigenvalue weighted by molar-refractivity contribution is -0.124. The van der Waals surface area contributed by atoms with E-state index >= 15 is 0 Å². The highest BCUT2D eigenvalue weighted by Gasteiger charge is 2.22. The van der Waals surface area contributed by atoms with Crippen molar-refractivity contribution in [3.8, 4) is 5.82 Å². The zero-order valence-corrected chi connectivity index (χ0v) is 14.0. The lowest BCUT2D eigenvalue weighted by atomic mass is 10.1. The minimum absolute atomic E-state index is 0.0110. The van der Waals surface area contributed by atoms with Crippen molar-refractivity contribution in [1.82, 2.24) is 24.8 Å². The van der Waals surface area contributed by atoms with Crippen molar-refractivity contribution in [2.45, 2.75) is 20.3 Å². The number of anilines is 1. The van der Waals surface area contributed by atoms with Gasteiger partial charge >= 0.3 is 0 Å². The second kappa shape index (κ2) is 7.39. The Morgan fingerprint density at radius 1 is 1.33 bits per heavy atom. The Balaban J connectivity index is 1.52. The molecule has 24 heavy (non-hydrogen) atoms. The molecule has 1 atom stereocenters. The number of amides is 1.